The van der Waals surface area contributed by atoms with Crippen LogP contribution < -0.4 is 0 Å². The molecule has 1 saturated carbocycles. The molecule has 23 heavy (non-hydrogen) atoms. The summed E-state index contributed by atoms with van der Waals surface area (Å²) in [5.41, 5.74) is 2.04. The summed E-state index contributed by atoms with van der Waals surface area (Å²) in [5, 5.41) is 9.32. The van der Waals surface area contributed by atoms with Crippen LogP contribution in [0.25, 0.3) is 0 Å². The molecule has 0 spiro atoms. The fourth-order valence-electron chi connectivity index (χ4n) is 4.64. The van der Waals surface area contributed by atoms with Crippen molar-refractivity contribution in [3.63, 3.8) is 0 Å². The zero-order valence-corrected chi connectivity index (χ0v) is 14.0. The van der Waals surface area contributed by atoms with Crippen molar-refractivity contribution in [2.75, 3.05) is 26.2 Å². The molecule has 1 aromatic rings. The molecule has 0 radical (unpaired) electrons. The van der Waals surface area contributed by atoms with Crippen molar-refractivity contribution >= 4 is 0 Å². The second kappa shape index (κ2) is 6.63. The number of hydrogen-bond acceptors (Lipinski definition) is 3. The predicted octanol–water partition coefficient (Wildman–Crippen LogP) is 3.25. The Morgan fingerprint density at radius 3 is 2.70 bits per heavy atom. The van der Waals surface area contributed by atoms with Gasteiger partial charge in [0, 0.05) is 38.8 Å². The minimum Gasteiger partial charge on any atom is -0.299 e. The topological polar surface area (TPSA) is 30.3 Å². The molecule has 122 valence electrons. The number of nitrogens with zero attached hydrogens (tertiary/aromatic N) is 3. The lowest BCUT2D eigenvalue weighted by Gasteiger charge is -2.40. The van der Waals surface area contributed by atoms with Crippen LogP contribution in [0, 0.1) is 23.2 Å². The maximum atomic E-state index is 9.32. The first-order valence-corrected chi connectivity index (χ1v) is 9.26. The fraction of sp³-hybridized carbons (Fsp3) is 0.650. The van der Waals surface area contributed by atoms with Gasteiger partial charge in [0.2, 0.25) is 0 Å². The maximum Gasteiger partial charge on any atom is 0.0995 e. The van der Waals surface area contributed by atoms with Gasteiger partial charge in [0.25, 0.3) is 0 Å². The van der Waals surface area contributed by atoms with E-state index in [-0.39, 0.29) is 0 Å². The third kappa shape index (κ3) is 3.29. The third-order valence-electron chi connectivity index (χ3n) is 6.15. The Morgan fingerprint density at radius 1 is 1.04 bits per heavy atom. The smallest absolute Gasteiger partial charge is 0.0995 e. The largest absolute Gasteiger partial charge is 0.299 e. The summed E-state index contributed by atoms with van der Waals surface area (Å²) in [6, 6.07) is 11.2. The lowest BCUT2D eigenvalue weighted by molar-refractivity contribution is 0.0891. The lowest BCUT2D eigenvalue weighted by Crippen LogP contribution is -2.46. The molecule has 4 fully saturated rings. The van der Waals surface area contributed by atoms with E-state index in [0.717, 1.165) is 30.0 Å². The van der Waals surface area contributed by atoms with E-state index in [9.17, 15) is 5.26 Å². The summed E-state index contributed by atoms with van der Waals surface area (Å²) in [4.78, 5) is 5.41. The van der Waals surface area contributed by atoms with Crippen LogP contribution in [0.2, 0.25) is 0 Å². The second-order valence-electron chi connectivity index (χ2n) is 7.81. The van der Waals surface area contributed by atoms with E-state index in [1.807, 2.05) is 12.1 Å². The minimum absolute atomic E-state index is 0.739. The Labute approximate surface area is 139 Å². The Kier molecular flexibility index (Phi) is 4.37. The highest BCUT2D eigenvalue weighted by molar-refractivity contribution is 5.37. The number of benzene rings is 1. The van der Waals surface area contributed by atoms with E-state index >= 15 is 0 Å². The highest BCUT2D eigenvalue weighted by atomic mass is 15.3. The highest BCUT2D eigenvalue weighted by Crippen LogP contribution is 2.33. The summed E-state index contributed by atoms with van der Waals surface area (Å²) >= 11 is 0. The van der Waals surface area contributed by atoms with Crippen LogP contribution in [-0.2, 0) is 6.54 Å². The van der Waals surface area contributed by atoms with Gasteiger partial charge in [0.15, 0.2) is 0 Å². The molecular formula is C20H27N3. The average molecular weight is 309 g/mol. The van der Waals surface area contributed by atoms with Gasteiger partial charge in [0.05, 0.1) is 11.6 Å². The number of nitriles is 1. The van der Waals surface area contributed by atoms with Gasteiger partial charge in [-0.25, -0.2) is 0 Å². The first-order chi connectivity index (χ1) is 11.3. The molecule has 2 atom stereocenters. The molecule has 4 aliphatic rings. The van der Waals surface area contributed by atoms with Crippen molar-refractivity contribution in [1.82, 2.24) is 9.80 Å². The average Bonchev–Trinajstić information content (AvgIpc) is 2.82. The minimum atomic E-state index is 0.739. The van der Waals surface area contributed by atoms with Crippen molar-refractivity contribution in [2.45, 2.75) is 44.7 Å². The van der Waals surface area contributed by atoms with Gasteiger partial charge in [0.1, 0.15) is 0 Å². The van der Waals surface area contributed by atoms with E-state index < -0.39 is 0 Å². The molecule has 0 amide bonds. The summed E-state index contributed by atoms with van der Waals surface area (Å²) in [7, 11) is 0. The van der Waals surface area contributed by atoms with Crippen LogP contribution >= 0.6 is 0 Å². The van der Waals surface area contributed by atoms with E-state index in [4.69, 9.17) is 0 Å². The third-order valence-corrected chi connectivity index (χ3v) is 6.15. The molecular weight excluding hydrogens is 282 g/mol. The van der Waals surface area contributed by atoms with Crippen LogP contribution in [0.5, 0.6) is 0 Å². The van der Waals surface area contributed by atoms with Gasteiger partial charge in [-0.05, 0) is 49.1 Å². The Hall–Kier alpha value is -1.37. The lowest BCUT2D eigenvalue weighted by atomic mass is 9.83. The number of hydrogen-bond donors (Lipinski definition) is 0. The molecule has 3 nitrogen and oxygen atoms in total. The van der Waals surface area contributed by atoms with Crippen molar-refractivity contribution < 1.29 is 0 Å². The van der Waals surface area contributed by atoms with E-state index in [0.29, 0.717) is 0 Å². The number of rotatable bonds is 4. The van der Waals surface area contributed by atoms with Gasteiger partial charge in [-0.1, -0.05) is 24.6 Å². The summed E-state index contributed by atoms with van der Waals surface area (Å²) in [5.74, 6) is 1.80. The normalized spacial score (nSPS) is 29.0. The van der Waals surface area contributed by atoms with Crippen LogP contribution in [0.15, 0.2) is 24.3 Å². The number of piperidine rings is 1. The number of fused-ring (bicyclic) bond motifs is 4. The molecule has 3 heterocycles. The van der Waals surface area contributed by atoms with Gasteiger partial charge in [-0.3, -0.25) is 9.80 Å². The molecule has 3 aliphatic heterocycles. The maximum absolute atomic E-state index is 9.32. The van der Waals surface area contributed by atoms with Crippen LogP contribution in [-0.4, -0.2) is 42.0 Å². The first kappa shape index (κ1) is 15.2. The van der Waals surface area contributed by atoms with Crippen LogP contribution in [0.4, 0.5) is 0 Å². The molecule has 2 bridgehead atoms. The molecule has 0 N–H and O–H groups in total. The quantitative estimate of drug-likeness (QED) is 0.855. The highest BCUT2D eigenvalue weighted by Gasteiger charge is 2.36. The van der Waals surface area contributed by atoms with Crippen molar-refractivity contribution in [1.29, 1.82) is 5.26 Å². The fourth-order valence-corrected chi connectivity index (χ4v) is 4.64. The van der Waals surface area contributed by atoms with Gasteiger partial charge in [-0.15, -0.1) is 0 Å². The summed E-state index contributed by atoms with van der Waals surface area (Å²) < 4.78 is 0. The molecule has 0 aromatic heterocycles. The van der Waals surface area contributed by atoms with E-state index in [1.54, 1.807) is 0 Å². The second-order valence-corrected chi connectivity index (χ2v) is 7.81. The van der Waals surface area contributed by atoms with Gasteiger partial charge in [-0.2, -0.15) is 5.26 Å². The Balaban J connectivity index is 1.44. The first-order valence-electron chi connectivity index (χ1n) is 9.26. The van der Waals surface area contributed by atoms with Crippen LogP contribution in [0.3, 0.4) is 0 Å². The molecule has 3 saturated heterocycles. The summed E-state index contributed by atoms with van der Waals surface area (Å²) in [6.07, 6.45) is 7.11. The monoisotopic (exact) mass is 309 g/mol. The van der Waals surface area contributed by atoms with Crippen molar-refractivity contribution in [3.05, 3.63) is 35.4 Å². The Morgan fingerprint density at radius 2 is 1.91 bits per heavy atom. The van der Waals surface area contributed by atoms with E-state index in [1.165, 1.54) is 63.8 Å². The summed E-state index contributed by atoms with van der Waals surface area (Å²) in [6.45, 7) is 5.97. The molecule has 3 heteroatoms. The zero-order chi connectivity index (χ0) is 15.6. The van der Waals surface area contributed by atoms with E-state index in [2.05, 4.69) is 28.0 Å². The standard InChI is InChI=1S/C20H27N3/c21-10-18-6-1-2-7-19(18)14-22-11-17-8-9-20(15-22)23(13-17)12-16-4-3-5-16/h1-2,6-7,16-17,20H,3-5,8-9,11-15H2/t17-,20+/m1/s1. The predicted molar refractivity (Wildman–Crippen MR) is 91.9 cm³/mol. The van der Waals surface area contributed by atoms with Crippen molar-refractivity contribution in [2.24, 2.45) is 11.8 Å². The Bertz CT molecular complexity index is 587. The molecule has 1 aromatic carbocycles. The molecule has 1 aliphatic carbocycles. The van der Waals surface area contributed by atoms with Crippen molar-refractivity contribution in [3.8, 4) is 6.07 Å². The van der Waals surface area contributed by atoms with Gasteiger partial charge < -0.3 is 0 Å². The SMILES string of the molecule is N#Cc1ccccc1CN1C[C@H]2CC[C@@H](C1)N(CC1CCC1)C2. The molecule has 0 unspecified atom stereocenters. The zero-order valence-electron chi connectivity index (χ0n) is 14.0. The molecule has 5 rings (SSSR count). The van der Waals surface area contributed by atoms with Crippen LogP contribution in [0.1, 0.15) is 43.2 Å². The van der Waals surface area contributed by atoms with Gasteiger partial charge >= 0.3 is 0 Å².